The minimum Gasteiger partial charge on any atom is -0.484 e. The van der Waals surface area contributed by atoms with Crippen molar-refractivity contribution in [1.29, 1.82) is 0 Å². The van der Waals surface area contributed by atoms with E-state index in [1.165, 1.54) is 6.33 Å². The minimum atomic E-state index is -0.380. The van der Waals surface area contributed by atoms with Gasteiger partial charge in [-0.1, -0.05) is 30.3 Å². The van der Waals surface area contributed by atoms with Gasteiger partial charge in [-0.05, 0) is 31.0 Å². The fraction of sp³-hybridized carbons (Fsp3) is 0.350. The first-order valence-corrected chi connectivity index (χ1v) is 9.20. The number of hydrogen-bond donors (Lipinski definition) is 0. The maximum atomic E-state index is 12.7. The molecule has 2 aromatic heterocycles. The number of hydrogen-bond acceptors (Lipinski definition) is 7. The van der Waals surface area contributed by atoms with Crippen LogP contribution in [-0.2, 0) is 12.0 Å². The molecule has 1 saturated heterocycles. The average molecular weight is 379 g/mol. The molecular weight excluding hydrogens is 358 g/mol. The number of benzene rings is 1. The SMILES string of the molecule is CC1(c2noc(COc3ccccc3)n2)CCCN(C(=O)c2ccncn2)C1. The molecule has 3 aromatic rings. The quantitative estimate of drug-likeness (QED) is 0.672. The molecule has 8 heteroatoms. The number of carbonyl (C=O) groups is 1. The van der Waals surface area contributed by atoms with E-state index in [0.29, 0.717) is 30.5 Å². The summed E-state index contributed by atoms with van der Waals surface area (Å²) < 4.78 is 11.0. The third-order valence-electron chi connectivity index (χ3n) is 4.90. The van der Waals surface area contributed by atoms with Gasteiger partial charge in [-0.25, -0.2) is 9.97 Å². The fourth-order valence-corrected chi connectivity index (χ4v) is 3.39. The van der Waals surface area contributed by atoms with Crippen LogP contribution in [0.25, 0.3) is 0 Å². The van der Waals surface area contributed by atoms with Crippen molar-refractivity contribution < 1.29 is 14.1 Å². The normalized spacial score (nSPS) is 19.4. The van der Waals surface area contributed by atoms with Crippen molar-refractivity contribution in [1.82, 2.24) is 25.0 Å². The molecule has 1 aliphatic rings. The lowest BCUT2D eigenvalue weighted by atomic mass is 9.81. The summed E-state index contributed by atoms with van der Waals surface area (Å²) in [5, 5.41) is 4.16. The summed E-state index contributed by atoms with van der Waals surface area (Å²) in [4.78, 5) is 27.0. The first kappa shape index (κ1) is 18.1. The van der Waals surface area contributed by atoms with Crippen molar-refractivity contribution in [3.05, 3.63) is 66.3 Å². The second-order valence-electron chi connectivity index (χ2n) is 7.10. The predicted molar refractivity (Wildman–Crippen MR) is 99.6 cm³/mol. The Morgan fingerprint density at radius 3 is 2.93 bits per heavy atom. The Morgan fingerprint density at radius 1 is 1.29 bits per heavy atom. The van der Waals surface area contributed by atoms with Gasteiger partial charge in [0, 0.05) is 24.7 Å². The van der Waals surface area contributed by atoms with Gasteiger partial charge in [0.15, 0.2) is 12.4 Å². The van der Waals surface area contributed by atoms with Gasteiger partial charge in [0.05, 0.1) is 0 Å². The first-order chi connectivity index (χ1) is 13.6. The van der Waals surface area contributed by atoms with E-state index in [-0.39, 0.29) is 17.9 Å². The topological polar surface area (TPSA) is 94.2 Å². The maximum Gasteiger partial charge on any atom is 0.272 e. The number of nitrogens with zero attached hydrogens (tertiary/aromatic N) is 5. The molecule has 1 unspecified atom stereocenters. The molecule has 8 nitrogen and oxygen atoms in total. The van der Waals surface area contributed by atoms with Crippen LogP contribution in [0.15, 0.2) is 53.4 Å². The van der Waals surface area contributed by atoms with Crippen LogP contribution in [0.2, 0.25) is 0 Å². The van der Waals surface area contributed by atoms with Gasteiger partial charge >= 0.3 is 0 Å². The minimum absolute atomic E-state index is 0.107. The highest BCUT2D eigenvalue weighted by molar-refractivity contribution is 5.92. The van der Waals surface area contributed by atoms with Gasteiger partial charge in [-0.15, -0.1) is 0 Å². The smallest absolute Gasteiger partial charge is 0.272 e. The van der Waals surface area contributed by atoms with Crippen LogP contribution in [0.5, 0.6) is 5.75 Å². The van der Waals surface area contributed by atoms with Gasteiger partial charge in [0.2, 0.25) is 0 Å². The number of carbonyl (C=O) groups excluding carboxylic acids is 1. The highest BCUT2D eigenvalue weighted by Gasteiger charge is 2.39. The fourth-order valence-electron chi connectivity index (χ4n) is 3.39. The third-order valence-corrected chi connectivity index (χ3v) is 4.90. The lowest BCUT2D eigenvalue weighted by Crippen LogP contribution is -2.47. The molecule has 1 aliphatic heterocycles. The van der Waals surface area contributed by atoms with Crippen LogP contribution in [0.4, 0.5) is 0 Å². The zero-order valence-corrected chi connectivity index (χ0v) is 15.6. The van der Waals surface area contributed by atoms with E-state index in [4.69, 9.17) is 9.26 Å². The van der Waals surface area contributed by atoms with Gasteiger partial charge < -0.3 is 14.2 Å². The van der Waals surface area contributed by atoms with Gasteiger partial charge in [-0.3, -0.25) is 4.79 Å². The molecule has 0 radical (unpaired) electrons. The van der Waals surface area contributed by atoms with E-state index in [2.05, 4.69) is 27.0 Å². The number of aromatic nitrogens is 4. The highest BCUT2D eigenvalue weighted by Crippen LogP contribution is 2.32. The Labute approximate surface area is 162 Å². The summed E-state index contributed by atoms with van der Waals surface area (Å²) in [6.07, 6.45) is 4.69. The van der Waals surface area contributed by atoms with Crippen LogP contribution >= 0.6 is 0 Å². The third kappa shape index (κ3) is 3.85. The number of rotatable bonds is 5. The second kappa shape index (κ2) is 7.75. The second-order valence-corrected chi connectivity index (χ2v) is 7.10. The van der Waals surface area contributed by atoms with Gasteiger partial charge in [0.25, 0.3) is 11.8 Å². The molecule has 1 aromatic carbocycles. The molecule has 0 saturated carbocycles. The van der Waals surface area contributed by atoms with Crippen LogP contribution in [0, 0.1) is 0 Å². The number of ether oxygens (including phenoxy) is 1. The number of amides is 1. The summed E-state index contributed by atoms with van der Waals surface area (Å²) in [6, 6.07) is 11.1. The van der Waals surface area contributed by atoms with E-state index < -0.39 is 0 Å². The highest BCUT2D eigenvalue weighted by atomic mass is 16.5. The van der Waals surface area contributed by atoms with E-state index >= 15 is 0 Å². The van der Waals surface area contributed by atoms with Gasteiger partial charge in [0.1, 0.15) is 17.8 Å². The average Bonchev–Trinajstić information content (AvgIpc) is 3.23. The lowest BCUT2D eigenvalue weighted by Gasteiger charge is -2.38. The van der Waals surface area contributed by atoms with Crippen LogP contribution < -0.4 is 4.74 Å². The van der Waals surface area contributed by atoms with Crippen molar-refractivity contribution in [2.45, 2.75) is 31.8 Å². The van der Waals surface area contributed by atoms with Crippen LogP contribution in [-0.4, -0.2) is 44.0 Å². The number of piperidine rings is 1. The number of para-hydroxylation sites is 1. The van der Waals surface area contributed by atoms with Crippen molar-refractivity contribution >= 4 is 5.91 Å². The summed E-state index contributed by atoms with van der Waals surface area (Å²) in [7, 11) is 0. The van der Waals surface area contributed by atoms with Crippen LogP contribution in [0.1, 0.15) is 42.0 Å². The molecule has 0 bridgehead atoms. The molecule has 144 valence electrons. The molecule has 3 heterocycles. The Balaban J connectivity index is 1.44. The summed E-state index contributed by atoms with van der Waals surface area (Å²) in [5.74, 6) is 1.65. The van der Waals surface area contributed by atoms with E-state index in [9.17, 15) is 4.79 Å². The summed E-state index contributed by atoms with van der Waals surface area (Å²) in [5.41, 5.74) is 0.0134. The van der Waals surface area contributed by atoms with Crippen molar-refractivity contribution in [3.8, 4) is 5.75 Å². The molecule has 1 fully saturated rings. The monoisotopic (exact) mass is 379 g/mol. The zero-order chi connectivity index (χ0) is 19.4. The lowest BCUT2D eigenvalue weighted by molar-refractivity contribution is 0.0635. The first-order valence-electron chi connectivity index (χ1n) is 9.20. The Bertz CT molecular complexity index is 931. The Hall–Kier alpha value is -3.29. The molecule has 0 aliphatic carbocycles. The Kier molecular flexibility index (Phi) is 5.01. The summed E-state index contributed by atoms with van der Waals surface area (Å²) >= 11 is 0. The van der Waals surface area contributed by atoms with E-state index in [1.807, 2.05) is 30.3 Å². The molecule has 4 rings (SSSR count). The molecule has 1 atom stereocenters. The largest absolute Gasteiger partial charge is 0.484 e. The van der Waals surface area contributed by atoms with E-state index in [1.54, 1.807) is 17.2 Å². The standard InChI is InChI=1S/C20H21N5O3/c1-20(9-5-11-25(13-20)18(26)16-8-10-21-14-22-16)19-23-17(28-24-19)12-27-15-6-3-2-4-7-15/h2-4,6-8,10,14H,5,9,11-13H2,1H3. The van der Waals surface area contributed by atoms with E-state index in [0.717, 1.165) is 18.6 Å². The van der Waals surface area contributed by atoms with Crippen LogP contribution in [0.3, 0.4) is 0 Å². The maximum absolute atomic E-state index is 12.7. The van der Waals surface area contributed by atoms with Crippen molar-refractivity contribution in [3.63, 3.8) is 0 Å². The predicted octanol–water partition coefficient (Wildman–Crippen LogP) is 2.63. The number of likely N-dealkylation sites (tertiary alicyclic amines) is 1. The molecule has 1 amide bonds. The Morgan fingerprint density at radius 2 is 2.14 bits per heavy atom. The zero-order valence-electron chi connectivity index (χ0n) is 15.6. The summed E-state index contributed by atoms with van der Waals surface area (Å²) in [6.45, 7) is 3.45. The molecule has 0 spiro atoms. The van der Waals surface area contributed by atoms with Crippen molar-refractivity contribution in [2.75, 3.05) is 13.1 Å². The molecule has 28 heavy (non-hydrogen) atoms. The van der Waals surface area contributed by atoms with Gasteiger partial charge in [-0.2, -0.15) is 4.98 Å². The van der Waals surface area contributed by atoms with Crippen molar-refractivity contribution in [2.24, 2.45) is 0 Å². The molecule has 0 N–H and O–H groups in total. The molecular formula is C20H21N5O3.